The number of halogens is 1. The molecule has 2 aromatic rings. The Morgan fingerprint density at radius 3 is 2.42 bits per heavy atom. The van der Waals surface area contributed by atoms with Crippen molar-refractivity contribution >= 4 is 61.6 Å². The van der Waals surface area contributed by atoms with Crippen LogP contribution in [0.25, 0.3) is 0 Å². The standard InChI is InChI=1S/C18H14BrNO2S2/c1-11-2-8-14(9-3-11)20-17(22)16(24-18(20)23)10-15(21)12-4-6-13(19)7-5-12/h2-9,16H,10H2,1H3. The molecule has 1 amide bonds. The predicted molar refractivity (Wildman–Crippen MR) is 106 cm³/mol. The van der Waals surface area contributed by atoms with Crippen LogP contribution in [0, 0.1) is 6.92 Å². The summed E-state index contributed by atoms with van der Waals surface area (Å²) in [5.74, 6) is -0.179. The highest BCUT2D eigenvalue weighted by molar-refractivity contribution is 9.10. The SMILES string of the molecule is Cc1ccc(N2C(=O)C(CC(=O)c3ccc(Br)cc3)SC2=S)cc1. The van der Waals surface area contributed by atoms with Crippen LogP contribution in [-0.4, -0.2) is 21.3 Å². The minimum Gasteiger partial charge on any atom is -0.294 e. The normalized spacial score (nSPS) is 17.4. The smallest absolute Gasteiger partial charge is 0.246 e. The molecule has 1 fully saturated rings. The predicted octanol–water partition coefficient (Wildman–Crippen LogP) is 4.76. The summed E-state index contributed by atoms with van der Waals surface area (Å²) in [6.07, 6.45) is 0.146. The van der Waals surface area contributed by atoms with Crippen molar-refractivity contribution in [2.24, 2.45) is 0 Å². The van der Waals surface area contributed by atoms with Crippen LogP contribution < -0.4 is 4.90 Å². The highest BCUT2D eigenvalue weighted by Gasteiger charge is 2.39. The van der Waals surface area contributed by atoms with Crippen LogP contribution >= 0.6 is 39.9 Å². The van der Waals surface area contributed by atoms with Crippen LogP contribution in [-0.2, 0) is 4.79 Å². The zero-order valence-corrected chi connectivity index (χ0v) is 16.1. The molecule has 0 N–H and O–H groups in total. The highest BCUT2D eigenvalue weighted by Crippen LogP contribution is 2.34. The zero-order chi connectivity index (χ0) is 17.3. The molecule has 0 aromatic heterocycles. The first kappa shape index (κ1) is 17.3. The van der Waals surface area contributed by atoms with E-state index in [1.54, 1.807) is 12.1 Å². The Morgan fingerprint density at radius 2 is 1.79 bits per heavy atom. The van der Waals surface area contributed by atoms with E-state index in [0.29, 0.717) is 9.88 Å². The maximum Gasteiger partial charge on any atom is 0.246 e. The summed E-state index contributed by atoms with van der Waals surface area (Å²) < 4.78 is 1.41. The van der Waals surface area contributed by atoms with E-state index in [1.165, 1.54) is 16.7 Å². The van der Waals surface area contributed by atoms with E-state index in [2.05, 4.69) is 15.9 Å². The molecule has 2 aromatic carbocycles. The number of thioether (sulfide) groups is 1. The monoisotopic (exact) mass is 419 g/mol. The van der Waals surface area contributed by atoms with Crippen LogP contribution in [0.15, 0.2) is 53.0 Å². The Kier molecular flexibility index (Phi) is 5.18. The second-order valence-corrected chi connectivity index (χ2v) is 8.27. The Balaban J connectivity index is 1.75. The molecule has 3 nitrogen and oxygen atoms in total. The van der Waals surface area contributed by atoms with Gasteiger partial charge >= 0.3 is 0 Å². The number of carbonyl (C=O) groups excluding carboxylic acids is 2. The minimum atomic E-state index is -0.463. The molecule has 1 heterocycles. The van der Waals surface area contributed by atoms with Crippen molar-refractivity contribution < 1.29 is 9.59 Å². The van der Waals surface area contributed by atoms with Gasteiger partial charge in [-0.1, -0.05) is 69.7 Å². The Labute approximate surface area is 158 Å². The molecule has 24 heavy (non-hydrogen) atoms. The summed E-state index contributed by atoms with van der Waals surface area (Å²) in [5, 5.41) is -0.463. The molecule has 0 aliphatic carbocycles. The molecule has 3 rings (SSSR count). The topological polar surface area (TPSA) is 37.4 Å². The van der Waals surface area contributed by atoms with E-state index in [0.717, 1.165) is 15.7 Å². The average Bonchev–Trinajstić information content (AvgIpc) is 2.83. The van der Waals surface area contributed by atoms with Crippen molar-refractivity contribution in [3.05, 3.63) is 64.1 Å². The third kappa shape index (κ3) is 3.61. The molecule has 6 heteroatoms. The highest BCUT2D eigenvalue weighted by atomic mass is 79.9. The van der Waals surface area contributed by atoms with Gasteiger partial charge in [-0.2, -0.15) is 0 Å². The van der Waals surface area contributed by atoms with Crippen molar-refractivity contribution in [1.82, 2.24) is 0 Å². The van der Waals surface area contributed by atoms with Gasteiger partial charge in [-0.25, -0.2) is 0 Å². The van der Waals surface area contributed by atoms with Gasteiger partial charge in [0.15, 0.2) is 5.78 Å². The minimum absolute atomic E-state index is 0.0538. The van der Waals surface area contributed by atoms with E-state index in [4.69, 9.17) is 12.2 Å². The number of thiocarbonyl (C=S) groups is 1. The summed E-state index contributed by atoms with van der Waals surface area (Å²) in [6, 6.07) is 14.8. The van der Waals surface area contributed by atoms with E-state index in [-0.39, 0.29) is 18.1 Å². The summed E-state index contributed by atoms with van der Waals surface area (Å²) >= 11 is 9.98. The lowest BCUT2D eigenvalue weighted by Gasteiger charge is -2.15. The number of amides is 1. The van der Waals surface area contributed by atoms with Crippen molar-refractivity contribution in [1.29, 1.82) is 0 Å². The molecule has 0 saturated carbocycles. The van der Waals surface area contributed by atoms with Gasteiger partial charge in [0.05, 0.1) is 10.9 Å². The number of Topliss-reactive ketones (excluding diaryl/α,β-unsaturated/α-hetero) is 1. The molecule has 1 aliphatic rings. The lowest BCUT2D eigenvalue weighted by Crippen LogP contribution is -2.32. The number of anilines is 1. The largest absolute Gasteiger partial charge is 0.294 e. The van der Waals surface area contributed by atoms with Gasteiger partial charge in [0, 0.05) is 16.5 Å². The van der Waals surface area contributed by atoms with Crippen molar-refractivity contribution in [2.75, 3.05) is 4.90 Å². The molecule has 1 atom stereocenters. The van der Waals surface area contributed by atoms with Gasteiger partial charge in [0.25, 0.3) is 0 Å². The fourth-order valence-electron chi connectivity index (χ4n) is 2.44. The Hall–Kier alpha value is -1.50. The fraction of sp³-hybridized carbons (Fsp3) is 0.167. The molecule has 1 unspecified atom stereocenters. The lowest BCUT2D eigenvalue weighted by atomic mass is 10.1. The number of nitrogens with zero attached hydrogens (tertiary/aromatic N) is 1. The van der Waals surface area contributed by atoms with Crippen LogP contribution in [0.1, 0.15) is 22.3 Å². The summed E-state index contributed by atoms with van der Waals surface area (Å²) in [5.41, 5.74) is 2.47. The van der Waals surface area contributed by atoms with Crippen LogP contribution in [0.5, 0.6) is 0 Å². The van der Waals surface area contributed by atoms with E-state index < -0.39 is 5.25 Å². The molecule has 0 bridgehead atoms. The number of aryl methyl sites for hydroxylation is 1. The lowest BCUT2D eigenvalue weighted by molar-refractivity contribution is -0.116. The first-order valence-electron chi connectivity index (χ1n) is 7.36. The van der Waals surface area contributed by atoms with Gasteiger partial charge in [0.1, 0.15) is 4.32 Å². The van der Waals surface area contributed by atoms with Crippen LogP contribution in [0.2, 0.25) is 0 Å². The van der Waals surface area contributed by atoms with E-state index in [1.807, 2.05) is 43.3 Å². The number of rotatable bonds is 4. The van der Waals surface area contributed by atoms with Gasteiger partial charge in [-0.05, 0) is 31.2 Å². The molecule has 1 saturated heterocycles. The van der Waals surface area contributed by atoms with Gasteiger partial charge in [-0.15, -0.1) is 0 Å². The number of benzene rings is 2. The molecule has 0 spiro atoms. The first-order chi connectivity index (χ1) is 11.5. The summed E-state index contributed by atoms with van der Waals surface area (Å²) in [6.45, 7) is 1.99. The quantitative estimate of drug-likeness (QED) is 0.528. The van der Waals surface area contributed by atoms with Crippen molar-refractivity contribution in [3.63, 3.8) is 0 Å². The molecular formula is C18H14BrNO2S2. The van der Waals surface area contributed by atoms with Crippen LogP contribution in [0.3, 0.4) is 0 Å². The number of carbonyl (C=O) groups is 2. The number of hydrogen-bond acceptors (Lipinski definition) is 4. The first-order valence-corrected chi connectivity index (χ1v) is 9.44. The maximum absolute atomic E-state index is 12.7. The third-order valence-corrected chi connectivity index (χ3v) is 5.79. The van der Waals surface area contributed by atoms with Gasteiger partial charge < -0.3 is 0 Å². The van der Waals surface area contributed by atoms with Crippen LogP contribution in [0.4, 0.5) is 5.69 Å². The second kappa shape index (κ2) is 7.17. The molecule has 0 radical (unpaired) electrons. The summed E-state index contributed by atoms with van der Waals surface area (Å²) in [4.78, 5) is 26.6. The molecular weight excluding hydrogens is 406 g/mol. The molecule has 122 valence electrons. The van der Waals surface area contributed by atoms with Gasteiger partial charge in [0.2, 0.25) is 5.91 Å². The maximum atomic E-state index is 12.7. The number of ketones is 1. The summed E-state index contributed by atoms with van der Waals surface area (Å²) in [7, 11) is 0. The third-order valence-electron chi connectivity index (χ3n) is 3.75. The van der Waals surface area contributed by atoms with E-state index >= 15 is 0 Å². The average molecular weight is 420 g/mol. The Bertz CT molecular complexity index is 803. The Morgan fingerprint density at radius 1 is 1.17 bits per heavy atom. The number of hydrogen-bond donors (Lipinski definition) is 0. The second-order valence-electron chi connectivity index (χ2n) is 5.52. The van der Waals surface area contributed by atoms with Crippen molar-refractivity contribution in [2.45, 2.75) is 18.6 Å². The van der Waals surface area contributed by atoms with E-state index in [9.17, 15) is 9.59 Å². The molecule has 1 aliphatic heterocycles. The fourth-order valence-corrected chi connectivity index (χ4v) is 4.23. The van der Waals surface area contributed by atoms with Crippen molar-refractivity contribution in [3.8, 4) is 0 Å². The zero-order valence-electron chi connectivity index (χ0n) is 12.9. The van der Waals surface area contributed by atoms with Gasteiger partial charge in [-0.3, -0.25) is 14.5 Å².